The Bertz CT molecular complexity index is 1150. The topological polar surface area (TPSA) is 142 Å². The SMILES string of the molecule is COC(=O)c1sc(NC(=O)c2cc3cc([N+](=O)[O-])ccc3s2)c(C(N)=O)c1C. The Labute approximate surface area is 165 Å². The Kier molecular flexibility index (Phi) is 5.12. The predicted molar refractivity (Wildman–Crippen MR) is 105 cm³/mol. The van der Waals surface area contributed by atoms with Gasteiger partial charge in [-0.1, -0.05) is 0 Å². The lowest BCUT2D eigenvalue weighted by molar-refractivity contribution is -0.384. The molecule has 28 heavy (non-hydrogen) atoms. The number of hydrogen-bond donors (Lipinski definition) is 2. The molecule has 0 atom stereocenters. The molecule has 144 valence electrons. The van der Waals surface area contributed by atoms with Gasteiger partial charge >= 0.3 is 5.97 Å². The van der Waals surface area contributed by atoms with E-state index in [9.17, 15) is 24.5 Å². The number of thiophene rings is 2. The molecule has 0 fully saturated rings. The molecule has 2 heterocycles. The number of anilines is 1. The largest absolute Gasteiger partial charge is 0.465 e. The lowest BCUT2D eigenvalue weighted by Crippen LogP contribution is -2.17. The Balaban J connectivity index is 1.96. The summed E-state index contributed by atoms with van der Waals surface area (Å²) in [5.74, 6) is -1.95. The molecule has 0 spiro atoms. The average Bonchev–Trinajstić information content (AvgIpc) is 3.21. The summed E-state index contributed by atoms with van der Waals surface area (Å²) in [4.78, 5) is 47.1. The normalized spacial score (nSPS) is 10.6. The van der Waals surface area contributed by atoms with E-state index >= 15 is 0 Å². The second-order valence-corrected chi connectivity index (χ2v) is 7.76. The maximum atomic E-state index is 12.6. The van der Waals surface area contributed by atoms with Gasteiger partial charge in [0, 0.05) is 22.2 Å². The van der Waals surface area contributed by atoms with Gasteiger partial charge in [0.2, 0.25) is 0 Å². The number of carbonyl (C=O) groups excluding carboxylic acids is 3. The molecule has 9 nitrogen and oxygen atoms in total. The van der Waals surface area contributed by atoms with Crippen molar-refractivity contribution >= 4 is 61.2 Å². The Morgan fingerprint density at radius 3 is 2.54 bits per heavy atom. The Hall–Kier alpha value is -3.31. The quantitative estimate of drug-likeness (QED) is 0.369. The summed E-state index contributed by atoms with van der Waals surface area (Å²) in [5.41, 5.74) is 5.68. The number of rotatable bonds is 5. The fraction of sp³-hybridized carbons (Fsp3) is 0.118. The van der Waals surface area contributed by atoms with E-state index in [0.717, 1.165) is 22.7 Å². The summed E-state index contributed by atoms with van der Waals surface area (Å²) in [6, 6.07) is 5.82. The van der Waals surface area contributed by atoms with Gasteiger partial charge in [-0.05, 0) is 24.6 Å². The maximum absolute atomic E-state index is 12.6. The monoisotopic (exact) mass is 419 g/mol. The molecule has 0 bridgehead atoms. The molecule has 11 heteroatoms. The molecule has 0 unspecified atom stereocenters. The third kappa shape index (κ3) is 3.44. The number of fused-ring (bicyclic) bond motifs is 1. The zero-order valence-corrected chi connectivity index (χ0v) is 16.2. The van der Waals surface area contributed by atoms with Gasteiger partial charge in [0.05, 0.1) is 22.5 Å². The number of nitrogens with two attached hydrogens (primary N) is 1. The standard InChI is InChI=1S/C17H13N3O6S2/c1-7-12(14(18)21)16(28-13(7)17(23)26-2)19-15(22)11-6-8-5-9(20(24)25)3-4-10(8)27-11/h3-6H,1-2H3,(H2,18,21)(H,19,22). The van der Waals surface area contributed by atoms with Gasteiger partial charge in [-0.15, -0.1) is 22.7 Å². The van der Waals surface area contributed by atoms with E-state index in [2.05, 4.69) is 10.1 Å². The average molecular weight is 419 g/mol. The zero-order valence-electron chi connectivity index (χ0n) is 14.6. The van der Waals surface area contributed by atoms with Crippen LogP contribution in [0, 0.1) is 17.0 Å². The van der Waals surface area contributed by atoms with Crippen LogP contribution in [-0.2, 0) is 4.74 Å². The third-order valence-corrected chi connectivity index (χ3v) is 6.23. The summed E-state index contributed by atoms with van der Waals surface area (Å²) in [6.45, 7) is 1.54. The van der Waals surface area contributed by atoms with Crippen molar-refractivity contribution in [2.75, 3.05) is 12.4 Å². The first-order valence-electron chi connectivity index (χ1n) is 7.73. The lowest BCUT2D eigenvalue weighted by atomic mass is 10.1. The molecule has 1 aromatic carbocycles. The lowest BCUT2D eigenvalue weighted by Gasteiger charge is -2.03. The number of amides is 2. The number of nitrogens with one attached hydrogen (secondary N) is 1. The highest BCUT2D eigenvalue weighted by molar-refractivity contribution is 7.21. The molecule has 3 N–H and O–H groups in total. The number of esters is 1. The van der Waals surface area contributed by atoms with Crippen LogP contribution in [0.15, 0.2) is 24.3 Å². The highest BCUT2D eigenvalue weighted by Gasteiger charge is 2.25. The van der Waals surface area contributed by atoms with Crippen LogP contribution in [0.5, 0.6) is 0 Å². The van der Waals surface area contributed by atoms with E-state index < -0.39 is 22.7 Å². The molecular formula is C17H13N3O6S2. The second-order valence-electron chi connectivity index (χ2n) is 5.66. The fourth-order valence-electron chi connectivity index (χ4n) is 2.61. The molecule has 3 aromatic rings. The van der Waals surface area contributed by atoms with Gasteiger partial charge in [-0.3, -0.25) is 19.7 Å². The fourth-order valence-corrected chi connectivity index (χ4v) is 4.67. The van der Waals surface area contributed by atoms with Crippen LogP contribution in [0.3, 0.4) is 0 Å². The van der Waals surface area contributed by atoms with Crippen molar-refractivity contribution in [1.82, 2.24) is 0 Å². The van der Waals surface area contributed by atoms with Crippen molar-refractivity contribution in [2.24, 2.45) is 5.73 Å². The summed E-state index contributed by atoms with van der Waals surface area (Å²) in [5, 5.41) is 14.2. The Morgan fingerprint density at radius 2 is 1.93 bits per heavy atom. The van der Waals surface area contributed by atoms with Crippen LogP contribution in [0.25, 0.3) is 10.1 Å². The number of benzene rings is 1. The number of ether oxygens (including phenoxy) is 1. The van der Waals surface area contributed by atoms with Crippen LogP contribution in [0.4, 0.5) is 10.7 Å². The Morgan fingerprint density at radius 1 is 1.21 bits per heavy atom. The smallest absolute Gasteiger partial charge is 0.348 e. The van der Waals surface area contributed by atoms with Crippen molar-refractivity contribution < 1.29 is 24.0 Å². The molecule has 2 aromatic heterocycles. The van der Waals surface area contributed by atoms with E-state index in [1.165, 1.54) is 32.2 Å². The number of primary amides is 1. The number of nitrogens with zero attached hydrogens (tertiary/aromatic N) is 1. The first kappa shape index (κ1) is 19.5. The van der Waals surface area contributed by atoms with Crippen LogP contribution >= 0.6 is 22.7 Å². The van der Waals surface area contributed by atoms with E-state index in [1.807, 2.05) is 0 Å². The van der Waals surface area contributed by atoms with E-state index in [-0.39, 0.29) is 26.0 Å². The van der Waals surface area contributed by atoms with E-state index in [4.69, 9.17) is 5.73 Å². The molecule has 2 amide bonds. The van der Waals surface area contributed by atoms with Crippen LogP contribution in [0.1, 0.15) is 35.3 Å². The van der Waals surface area contributed by atoms with Crippen molar-refractivity contribution in [3.63, 3.8) is 0 Å². The van der Waals surface area contributed by atoms with Gasteiger partial charge in [0.15, 0.2) is 0 Å². The van der Waals surface area contributed by atoms with Crippen molar-refractivity contribution in [2.45, 2.75) is 6.92 Å². The molecule has 0 aliphatic heterocycles. The number of hydrogen-bond acceptors (Lipinski definition) is 8. The minimum absolute atomic E-state index is 0.0375. The van der Waals surface area contributed by atoms with Crippen molar-refractivity contribution in [3.05, 3.63) is 55.3 Å². The van der Waals surface area contributed by atoms with Crippen LogP contribution < -0.4 is 11.1 Å². The first-order valence-corrected chi connectivity index (χ1v) is 9.37. The molecule has 3 rings (SSSR count). The molecule has 0 aliphatic carbocycles. The third-order valence-electron chi connectivity index (χ3n) is 3.93. The van der Waals surface area contributed by atoms with Gasteiger partial charge in [-0.2, -0.15) is 0 Å². The molecule has 0 aliphatic rings. The van der Waals surface area contributed by atoms with Gasteiger partial charge in [0.1, 0.15) is 9.88 Å². The molecule has 0 saturated carbocycles. The predicted octanol–water partition coefficient (Wildman–Crippen LogP) is 3.32. The van der Waals surface area contributed by atoms with Crippen LogP contribution in [-0.4, -0.2) is 29.8 Å². The van der Waals surface area contributed by atoms with Crippen molar-refractivity contribution in [3.8, 4) is 0 Å². The summed E-state index contributed by atoms with van der Waals surface area (Å²) in [7, 11) is 1.21. The summed E-state index contributed by atoms with van der Waals surface area (Å²) >= 11 is 2.03. The summed E-state index contributed by atoms with van der Waals surface area (Å²) in [6.07, 6.45) is 0. The highest BCUT2D eigenvalue weighted by Crippen LogP contribution is 2.35. The highest BCUT2D eigenvalue weighted by atomic mass is 32.1. The van der Waals surface area contributed by atoms with Crippen LogP contribution in [0.2, 0.25) is 0 Å². The summed E-state index contributed by atoms with van der Waals surface area (Å²) < 4.78 is 5.38. The number of non-ortho nitro benzene ring substituents is 1. The first-order chi connectivity index (χ1) is 13.2. The number of nitro groups is 1. The van der Waals surface area contributed by atoms with Gasteiger partial charge < -0.3 is 15.8 Å². The minimum atomic E-state index is -0.786. The van der Waals surface area contributed by atoms with Crippen molar-refractivity contribution in [1.29, 1.82) is 0 Å². The molecule has 0 radical (unpaired) electrons. The molecule has 0 saturated heterocycles. The number of nitro benzene ring substituents is 1. The van der Waals surface area contributed by atoms with Gasteiger partial charge in [0.25, 0.3) is 17.5 Å². The van der Waals surface area contributed by atoms with E-state index in [1.54, 1.807) is 6.07 Å². The maximum Gasteiger partial charge on any atom is 0.348 e. The van der Waals surface area contributed by atoms with Gasteiger partial charge in [-0.25, -0.2) is 4.79 Å². The molecular weight excluding hydrogens is 406 g/mol. The number of carbonyl (C=O) groups is 3. The zero-order chi connectivity index (χ0) is 20.6. The second kappa shape index (κ2) is 7.37. The minimum Gasteiger partial charge on any atom is -0.465 e. The number of methoxy groups -OCH3 is 1. The van der Waals surface area contributed by atoms with E-state index in [0.29, 0.717) is 15.6 Å².